The average Bonchev–Trinajstić information content (AvgIpc) is 3.08. The van der Waals surface area contributed by atoms with Crippen molar-refractivity contribution in [1.29, 1.82) is 5.26 Å². The molecule has 0 saturated heterocycles. The van der Waals surface area contributed by atoms with Crippen LogP contribution in [0.5, 0.6) is 0 Å². The van der Waals surface area contributed by atoms with E-state index in [1.165, 1.54) is 17.3 Å². The number of thiazole rings is 1. The number of aryl methyl sites for hydroxylation is 3. The van der Waals surface area contributed by atoms with Crippen molar-refractivity contribution >= 4 is 23.1 Å². The van der Waals surface area contributed by atoms with Crippen molar-refractivity contribution in [2.45, 2.75) is 38.0 Å². The van der Waals surface area contributed by atoms with Crippen molar-refractivity contribution in [3.63, 3.8) is 0 Å². The molecule has 126 valence electrons. The predicted molar refractivity (Wildman–Crippen MR) is 103 cm³/mol. The zero-order valence-electron chi connectivity index (χ0n) is 14.4. The summed E-state index contributed by atoms with van der Waals surface area (Å²) in [6, 6.07) is 10.8. The molecule has 0 atom stereocenters. The van der Waals surface area contributed by atoms with Gasteiger partial charge in [-0.3, -0.25) is 0 Å². The van der Waals surface area contributed by atoms with Crippen molar-refractivity contribution in [2.75, 3.05) is 0 Å². The van der Waals surface area contributed by atoms with Crippen molar-refractivity contribution in [2.24, 2.45) is 0 Å². The Bertz CT molecular complexity index is 924. The van der Waals surface area contributed by atoms with E-state index in [9.17, 15) is 5.26 Å². The Kier molecular flexibility index (Phi) is 5.47. The van der Waals surface area contributed by atoms with Crippen LogP contribution in [0.25, 0.3) is 10.6 Å². The first-order valence-corrected chi connectivity index (χ1v) is 9.89. The van der Waals surface area contributed by atoms with Crippen LogP contribution in [-0.4, -0.2) is 15.0 Å². The third kappa shape index (κ3) is 4.06. The third-order valence-corrected chi connectivity index (χ3v) is 5.75. The van der Waals surface area contributed by atoms with Crippen LogP contribution in [0, 0.1) is 25.2 Å². The van der Waals surface area contributed by atoms with Crippen LogP contribution in [0.15, 0.2) is 34.7 Å². The Morgan fingerprint density at radius 3 is 2.56 bits per heavy atom. The molecule has 0 unspecified atom stereocenters. The molecule has 0 bridgehead atoms. The standard InChI is InChI=1S/C19H18N4S2/c1-4-14-5-7-15(8-6-14)18-23-16(10-24-18)11-25-19-17(9-20)12(2)21-13(3)22-19/h5-8,10H,4,11H2,1-3H3. The molecule has 0 spiro atoms. The fraction of sp³-hybridized carbons (Fsp3) is 0.263. The van der Waals surface area contributed by atoms with E-state index in [1.54, 1.807) is 11.3 Å². The fourth-order valence-electron chi connectivity index (χ4n) is 2.45. The molecule has 3 aromatic rings. The lowest BCUT2D eigenvalue weighted by Crippen LogP contribution is -1.99. The van der Waals surface area contributed by atoms with Crippen molar-refractivity contribution in [3.8, 4) is 16.6 Å². The van der Waals surface area contributed by atoms with E-state index < -0.39 is 0 Å². The Labute approximate surface area is 156 Å². The van der Waals surface area contributed by atoms with Crippen molar-refractivity contribution in [1.82, 2.24) is 15.0 Å². The maximum atomic E-state index is 9.33. The highest BCUT2D eigenvalue weighted by Gasteiger charge is 2.12. The molecule has 25 heavy (non-hydrogen) atoms. The van der Waals surface area contributed by atoms with Gasteiger partial charge in [-0.2, -0.15) is 5.26 Å². The van der Waals surface area contributed by atoms with Gasteiger partial charge in [0.25, 0.3) is 0 Å². The molecule has 0 aliphatic carbocycles. The molecule has 0 radical (unpaired) electrons. The first-order valence-electron chi connectivity index (χ1n) is 8.02. The number of hydrogen-bond acceptors (Lipinski definition) is 6. The van der Waals surface area contributed by atoms with Gasteiger partial charge in [0.05, 0.1) is 11.4 Å². The van der Waals surface area contributed by atoms with Crippen LogP contribution in [0.3, 0.4) is 0 Å². The van der Waals surface area contributed by atoms with Crippen LogP contribution in [0.2, 0.25) is 0 Å². The van der Waals surface area contributed by atoms with Crippen LogP contribution in [0.4, 0.5) is 0 Å². The number of hydrogen-bond donors (Lipinski definition) is 0. The molecule has 0 saturated carbocycles. The Hall–Kier alpha value is -2.23. The summed E-state index contributed by atoms with van der Waals surface area (Å²) in [4.78, 5) is 13.4. The van der Waals surface area contributed by atoms with E-state index in [4.69, 9.17) is 4.98 Å². The molecule has 1 aromatic carbocycles. The van der Waals surface area contributed by atoms with Gasteiger partial charge in [0.15, 0.2) is 0 Å². The zero-order valence-corrected chi connectivity index (χ0v) is 16.0. The molecule has 2 heterocycles. The molecular weight excluding hydrogens is 348 g/mol. The predicted octanol–water partition coefficient (Wildman–Crippen LogP) is 4.94. The number of aromatic nitrogens is 3. The SMILES string of the molecule is CCc1ccc(-c2nc(CSc3nc(C)nc(C)c3C#N)cs2)cc1. The van der Waals surface area contributed by atoms with Gasteiger partial charge < -0.3 is 0 Å². The van der Waals surface area contributed by atoms with E-state index in [1.807, 2.05) is 13.8 Å². The average molecular weight is 367 g/mol. The number of thioether (sulfide) groups is 1. The second-order valence-corrected chi connectivity index (χ2v) is 7.45. The Morgan fingerprint density at radius 2 is 1.88 bits per heavy atom. The van der Waals surface area contributed by atoms with Crippen LogP contribution in [0.1, 0.15) is 35.3 Å². The topological polar surface area (TPSA) is 62.5 Å². The smallest absolute Gasteiger partial charge is 0.126 e. The molecule has 3 rings (SSSR count). The van der Waals surface area contributed by atoms with Gasteiger partial charge in [-0.15, -0.1) is 11.3 Å². The quantitative estimate of drug-likeness (QED) is 0.472. The van der Waals surface area contributed by atoms with E-state index in [0.29, 0.717) is 17.1 Å². The van der Waals surface area contributed by atoms with E-state index in [-0.39, 0.29) is 0 Å². The van der Waals surface area contributed by atoms with Gasteiger partial charge in [-0.1, -0.05) is 43.0 Å². The molecular formula is C19H18N4S2. The second kappa shape index (κ2) is 7.77. The molecule has 0 aliphatic rings. The molecule has 0 aliphatic heterocycles. The summed E-state index contributed by atoms with van der Waals surface area (Å²) < 4.78 is 0. The molecule has 4 nitrogen and oxygen atoms in total. The summed E-state index contributed by atoms with van der Waals surface area (Å²) in [6.45, 7) is 5.84. The highest BCUT2D eigenvalue weighted by Crippen LogP contribution is 2.29. The van der Waals surface area contributed by atoms with Gasteiger partial charge in [-0.25, -0.2) is 15.0 Å². The summed E-state index contributed by atoms with van der Waals surface area (Å²) >= 11 is 3.18. The van der Waals surface area contributed by atoms with Crippen LogP contribution >= 0.6 is 23.1 Å². The highest BCUT2D eigenvalue weighted by atomic mass is 32.2. The lowest BCUT2D eigenvalue weighted by atomic mass is 10.1. The normalized spacial score (nSPS) is 10.6. The maximum Gasteiger partial charge on any atom is 0.126 e. The summed E-state index contributed by atoms with van der Waals surface area (Å²) in [5.74, 6) is 1.38. The van der Waals surface area contributed by atoms with Gasteiger partial charge in [0.2, 0.25) is 0 Å². The van der Waals surface area contributed by atoms with Gasteiger partial charge in [0.1, 0.15) is 27.5 Å². The second-order valence-electron chi connectivity index (χ2n) is 5.63. The first kappa shape index (κ1) is 17.6. The number of rotatable bonds is 5. The lowest BCUT2D eigenvalue weighted by Gasteiger charge is -2.05. The van der Waals surface area contributed by atoms with Gasteiger partial charge >= 0.3 is 0 Å². The summed E-state index contributed by atoms with van der Waals surface area (Å²) in [5, 5.41) is 13.2. The largest absolute Gasteiger partial charge is 0.240 e. The monoisotopic (exact) mass is 366 g/mol. The van der Waals surface area contributed by atoms with Crippen molar-refractivity contribution < 1.29 is 0 Å². The molecule has 0 fully saturated rings. The van der Waals surface area contributed by atoms with E-state index in [0.717, 1.165) is 33.4 Å². The summed E-state index contributed by atoms with van der Waals surface area (Å²) in [7, 11) is 0. The Morgan fingerprint density at radius 1 is 1.12 bits per heavy atom. The number of nitrogens with zero attached hydrogens (tertiary/aromatic N) is 4. The number of nitriles is 1. The third-order valence-electron chi connectivity index (χ3n) is 3.80. The lowest BCUT2D eigenvalue weighted by molar-refractivity contribution is 0.922. The molecule has 6 heteroatoms. The Balaban J connectivity index is 1.75. The maximum absolute atomic E-state index is 9.33. The minimum Gasteiger partial charge on any atom is -0.240 e. The zero-order chi connectivity index (χ0) is 17.8. The van der Waals surface area contributed by atoms with Gasteiger partial charge in [-0.05, 0) is 25.8 Å². The molecule has 0 N–H and O–H groups in total. The fourth-order valence-corrected chi connectivity index (χ4v) is 4.34. The van der Waals surface area contributed by atoms with Crippen LogP contribution in [-0.2, 0) is 12.2 Å². The highest BCUT2D eigenvalue weighted by molar-refractivity contribution is 7.98. The molecule has 2 aromatic heterocycles. The minimum atomic E-state index is 0.557. The van der Waals surface area contributed by atoms with Crippen molar-refractivity contribution in [3.05, 3.63) is 58.0 Å². The van der Waals surface area contributed by atoms with E-state index in [2.05, 4.69) is 52.6 Å². The first-order chi connectivity index (χ1) is 12.1. The minimum absolute atomic E-state index is 0.557. The van der Waals surface area contributed by atoms with E-state index >= 15 is 0 Å². The molecule has 0 amide bonds. The summed E-state index contributed by atoms with van der Waals surface area (Å²) in [5.41, 5.74) is 4.76. The summed E-state index contributed by atoms with van der Waals surface area (Å²) in [6.07, 6.45) is 1.04. The van der Waals surface area contributed by atoms with Gasteiger partial charge in [0, 0.05) is 16.7 Å². The number of benzene rings is 1. The van der Waals surface area contributed by atoms with Crippen LogP contribution < -0.4 is 0 Å².